The number of nitrogens with two attached hydrogens (primary N) is 1. The van der Waals surface area contributed by atoms with Crippen molar-refractivity contribution in [3.63, 3.8) is 0 Å². The number of rotatable bonds is 2. The Morgan fingerprint density at radius 2 is 1.97 bits per heavy atom. The van der Waals surface area contributed by atoms with Gasteiger partial charge in [0.05, 0.1) is 46.1 Å². The van der Waals surface area contributed by atoms with Gasteiger partial charge in [0.2, 0.25) is 0 Å². The number of hydrogen-bond donors (Lipinski definition) is 1. The van der Waals surface area contributed by atoms with Gasteiger partial charge in [-0.15, -0.1) is 0 Å². The molecule has 0 spiro atoms. The van der Waals surface area contributed by atoms with E-state index >= 15 is 0 Å². The molecule has 1 fully saturated rings. The number of carbonyl (C=O) groups is 1. The molecule has 1 saturated carbocycles. The molecule has 0 unspecified atom stereocenters. The largest absolute Gasteiger partial charge is 0.333 e. The number of carbonyl (C=O) groups excluding carboxylic acids is 1. The first-order chi connectivity index (χ1) is 19.5. The maximum absolute atomic E-state index is 13.5. The van der Waals surface area contributed by atoms with E-state index in [0.717, 1.165) is 4.90 Å². The molecule has 1 aliphatic heterocycles. The first-order valence-electron chi connectivity index (χ1n) is 13.8. The van der Waals surface area contributed by atoms with E-state index in [0.29, 0.717) is 58.0 Å². The minimum absolute atomic E-state index is 0.206. The monoisotopic (exact) mass is 504 g/mol. The van der Waals surface area contributed by atoms with Crippen LogP contribution in [0.4, 0.5) is 0 Å². The van der Waals surface area contributed by atoms with Crippen LogP contribution in [0.1, 0.15) is 80.8 Å². The number of aromatic nitrogens is 5. The van der Waals surface area contributed by atoms with Crippen LogP contribution in [0.15, 0.2) is 42.9 Å². The molecular weight excluding hydrogens is 478 g/mol. The Morgan fingerprint density at radius 3 is 2.68 bits per heavy atom. The number of amides is 1. The summed E-state index contributed by atoms with van der Waals surface area (Å²) in [7, 11) is 0. The summed E-state index contributed by atoms with van der Waals surface area (Å²) in [4.78, 5) is 28.4. The van der Waals surface area contributed by atoms with Crippen molar-refractivity contribution in [2.45, 2.75) is 43.7 Å². The van der Waals surface area contributed by atoms with Crippen molar-refractivity contribution in [1.82, 2.24) is 29.5 Å². The van der Waals surface area contributed by atoms with Crippen LogP contribution in [0.3, 0.4) is 0 Å². The van der Waals surface area contributed by atoms with Gasteiger partial charge in [-0.1, -0.05) is 6.07 Å². The fraction of sp³-hybridized carbons (Fsp3) is 0.321. The summed E-state index contributed by atoms with van der Waals surface area (Å²) in [6.07, 6.45) is 6.27. The van der Waals surface area contributed by atoms with E-state index in [1.54, 1.807) is 47.4 Å². The summed E-state index contributed by atoms with van der Waals surface area (Å²) >= 11 is 0. The zero-order valence-electron chi connectivity index (χ0n) is 23.4. The highest BCUT2D eigenvalue weighted by molar-refractivity contribution is 5.98. The van der Waals surface area contributed by atoms with Gasteiger partial charge < -0.3 is 10.6 Å². The van der Waals surface area contributed by atoms with Gasteiger partial charge in [-0.05, 0) is 49.9 Å². The lowest BCUT2D eigenvalue weighted by molar-refractivity contribution is 0.0734. The molecule has 4 heterocycles. The molecule has 3 aliphatic rings. The number of fused-ring (bicyclic) bond motifs is 9. The SMILES string of the molecule is [2H]C([2H])([2H])N1C(=O)c2cccc(C#N)c2[C@H]2C[C@@H]1c1nn3ccc(-c4cnc(C5(N)CC(C)(C#N)C5)nc4)nc3c12. The topological polar surface area (TPSA) is 150 Å². The predicted octanol–water partition coefficient (Wildman–Crippen LogP) is 3.20. The van der Waals surface area contributed by atoms with Crippen LogP contribution in [-0.4, -0.2) is 42.3 Å². The van der Waals surface area contributed by atoms with Crippen LogP contribution in [0, 0.1) is 28.1 Å². The molecule has 7 rings (SSSR count). The predicted molar refractivity (Wildman–Crippen MR) is 135 cm³/mol. The lowest BCUT2D eigenvalue weighted by Gasteiger charge is -2.47. The van der Waals surface area contributed by atoms with E-state index in [2.05, 4.69) is 27.2 Å². The minimum Gasteiger partial charge on any atom is -0.333 e. The van der Waals surface area contributed by atoms with Gasteiger partial charge in [0.1, 0.15) is 5.82 Å². The molecule has 10 nitrogen and oxygen atoms in total. The van der Waals surface area contributed by atoms with Crippen molar-refractivity contribution in [2.24, 2.45) is 11.1 Å². The zero-order valence-corrected chi connectivity index (χ0v) is 20.4. The van der Waals surface area contributed by atoms with Crippen molar-refractivity contribution < 1.29 is 8.91 Å². The van der Waals surface area contributed by atoms with Crippen LogP contribution in [0.2, 0.25) is 0 Å². The zero-order chi connectivity index (χ0) is 28.9. The average molecular weight is 505 g/mol. The van der Waals surface area contributed by atoms with Crippen LogP contribution in [-0.2, 0) is 5.54 Å². The van der Waals surface area contributed by atoms with Crippen LogP contribution >= 0.6 is 0 Å². The first kappa shape index (κ1) is 19.4. The molecule has 2 bridgehead atoms. The third kappa shape index (κ3) is 2.92. The molecule has 10 heteroatoms. The number of hydrogen-bond acceptors (Lipinski definition) is 8. The second-order valence-electron chi connectivity index (χ2n) is 10.7. The molecule has 1 aromatic carbocycles. The Kier molecular flexibility index (Phi) is 3.80. The molecule has 38 heavy (non-hydrogen) atoms. The quantitative estimate of drug-likeness (QED) is 0.437. The molecule has 2 N–H and O–H groups in total. The lowest BCUT2D eigenvalue weighted by atomic mass is 9.59. The maximum Gasteiger partial charge on any atom is 0.254 e. The van der Waals surface area contributed by atoms with Gasteiger partial charge in [0, 0.05) is 52.3 Å². The Bertz CT molecular complexity index is 1860. The lowest BCUT2D eigenvalue weighted by Crippen LogP contribution is -2.54. The third-order valence-corrected chi connectivity index (χ3v) is 8.08. The molecule has 2 atom stereocenters. The van der Waals surface area contributed by atoms with Crippen molar-refractivity contribution in [3.8, 4) is 23.4 Å². The van der Waals surface area contributed by atoms with E-state index in [-0.39, 0.29) is 12.0 Å². The van der Waals surface area contributed by atoms with Crippen molar-refractivity contribution in [1.29, 1.82) is 10.5 Å². The van der Waals surface area contributed by atoms with Gasteiger partial charge in [-0.25, -0.2) is 19.5 Å². The van der Waals surface area contributed by atoms with E-state index in [4.69, 9.17) is 14.8 Å². The maximum atomic E-state index is 13.5. The Labute approximate surface area is 222 Å². The summed E-state index contributed by atoms with van der Waals surface area (Å²) in [6.45, 7) is -0.838. The summed E-state index contributed by atoms with van der Waals surface area (Å²) in [6, 6.07) is 10.2. The van der Waals surface area contributed by atoms with E-state index in [1.807, 2.05) is 6.92 Å². The van der Waals surface area contributed by atoms with E-state index in [9.17, 15) is 15.3 Å². The second kappa shape index (κ2) is 7.44. The minimum atomic E-state index is -2.71. The van der Waals surface area contributed by atoms with Crippen molar-refractivity contribution in [3.05, 3.63) is 76.6 Å². The van der Waals surface area contributed by atoms with Gasteiger partial charge in [-0.3, -0.25) is 4.79 Å². The fourth-order valence-electron chi connectivity index (χ4n) is 6.44. The molecule has 1 amide bonds. The molecular formula is C28H23N9O. The summed E-state index contributed by atoms with van der Waals surface area (Å²) in [5, 5.41) is 23.9. The Morgan fingerprint density at radius 1 is 1.18 bits per heavy atom. The van der Waals surface area contributed by atoms with Crippen molar-refractivity contribution >= 4 is 11.6 Å². The highest BCUT2D eigenvalue weighted by Crippen LogP contribution is 2.52. The molecule has 4 aromatic rings. The van der Waals surface area contributed by atoms with Crippen LogP contribution < -0.4 is 5.73 Å². The third-order valence-electron chi connectivity index (χ3n) is 8.08. The smallest absolute Gasteiger partial charge is 0.254 e. The van der Waals surface area contributed by atoms with Gasteiger partial charge in [-0.2, -0.15) is 15.6 Å². The normalized spacial score (nSPS) is 28.7. The Balaban J connectivity index is 1.34. The highest BCUT2D eigenvalue weighted by atomic mass is 16.2. The van der Waals surface area contributed by atoms with Crippen LogP contribution in [0.25, 0.3) is 16.9 Å². The summed E-state index contributed by atoms with van der Waals surface area (Å²) in [5.41, 5.74) is 9.16. The molecule has 3 aromatic heterocycles. The second-order valence-corrected chi connectivity index (χ2v) is 10.7. The Hall–Kier alpha value is -4.67. The molecule has 0 saturated heterocycles. The highest BCUT2D eigenvalue weighted by Gasteiger charge is 2.53. The average Bonchev–Trinajstić information content (AvgIpc) is 3.44. The number of nitriles is 2. The van der Waals surface area contributed by atoms with E-state index < -0.39 is 35.8 Å². The number of benzene rings is 1. The fourth-order valence-corrected chi connectivity index (χ4v) is 6.44. The summed E-state index contributed by atoms with van der Waals surface area (Å²) in [5.74, 6) is -0.612. The van der Waals surface area contributed by atoms with E-state index in [1.165, 1.54) is 0 Å². The molecule has 2 aliphatic carbocycles. The van der Waals surface area contributed by atoms with Gasteiger partial charge in [0.25, 0.3) is 5.91 Å². The summed E-state index contributed by atoms with van der Waals surface area (Å²) < 4.78 is 26.1. The standard InChI is InChI=1S/C28H23N9O/c1-27(14-30)12-28(31,13-27)26-32-10-16(11-33-26)19-6-7-37-24(34-19)22-18-8-20(23(22)35-37)36(2)25(38)17-5-3-4-15(9-29)21(17)18/h3-7,10-11,18,20H,8,12-13,31H2,1-2H3/t18-,20-,27?,28?/m1/s1/i2D3. The number of nitrogens with zero attached hydrogens (tertiary/aromatic N) is 8. The van der Waals surface area contributed by atoms with Crippen LogP contribution in [0.5, 0.6) is 0 Å². The first-order valence-corrected chi connectivity index (χ1v) is 12.3. The molecule has 186 valence electrons. The molecule has 0 radical (unpaired) electrons. The van der Waals surface area contributed by atoms with Gasteiger partial charge >= 0.3 is 0 Å². The van der Waals surface area contributed by atoms with Gasteiger partial charge in [0.15, 0.2) is 5.65 Å². The van der Waals surface area contributed by atoms with Crippen molar-refractivity contribution in [2.75, 3.05) is 6.98 Å².